The van der Waals surface area contributed by atoms with Crippen LogP contribution in [-0.4, -0.2) is 50.1 Å². The molecule has 0 aliphatic rings. The Morgan fingerprint density at radius 3 is 2.83 bits per heavy atom. The van der Waals surface area contributed by atoms with Gasteiger partial charge in [0.25, 0.3) is 0 Å². The molecule has 0 atom stereocenters. The SMILES string of the molecule is CS(=O)(=O)CCNCCCCONc1ncc2ccccc2n1. The van der Waals surface area contributed by atoms with Gasteiger partial charge in [0.2, 0.25) is 5.95 Å². The van der Waals surface area contributed by atoms with E-state index in [4.69, 9.17) is 4.84 Å². The first kappa shape index (κ1) is 17.6. The van der Waals surface area contributed by atoms with E-state index in [-0.39, 0.29) is 5.75 Å². The number of fused-ring (bicyclic) bond motifs is 1. The molecule has 2 rings (SSSR count). The Hall–Kier alpha value is -1.77. The fourth-order valence-corrected chi connectivity index (χ4v) is 2.46. The van der Waals surface area contributed by atoms with Crippen molar-refractivity contribution in [2.75, 3.05) is 37.2 Å². The lowest BCUT2D eigenvalue weighted by atomic mass is 10.2. The van der Waals surface area contributed by atoms with Gasteiger partial charge in [-0.1, -0.05) is 18.2 Å². The van der Waals surface area contributed by atoms with Crippen LogP contribution >= 0.6 is 0 Å². The lowest BCUT2D eigenvalue weighted by molar-refractivity contribution is 0.185. The molecule has 0 amide bonds. The number of rotatable bonds is 10. The van der Waals surface area contributed by atoms with Gasteiger partial charge in [-0.15, -0.1) is 0 Å². The standard InChI is InChI=1S/C15H22N4O3S/c1-23(20,21)11-9-16-8-4-5-10-22-19-15-17-12-13-6-2-3-7-14(13)18-15/h2-3,6-7,12,16H,4-5,8-11H2,1H3,(H,17,18,19). The van der Waals surface area contributed by atoms with Gasteiger partial charge < -0.3 is 5.32 Å². The van der Waals surface area contributed by atoms with Gasteiger partial charge in [0.1, 0.15) is 9.84 Å². The summed E-state index contributed by atoms with van der Waals surface area (Å²) in [7, 11) is -2.88. The van der Waals surface area contributed by atoms with Crippen molar-refractivity contribution < 1.29 is 13.3 Å². The third-order valence-electron chi connectivity index (χ3n) is 3.15. The molecular weight excluding hydrogens is 316 g/mol. The Kier molecular flexibility index (Phi) is 6.69. The molecule has 23 heavy (non-hydrogen) atoms. The van der Waals surface area contributed by atoms with Gasteiger partial charge in [0.15, 0.2) is 0 Å². The van der Waals surface area contributed by atoms with E-state index in [1.807, 2.05) is 24.3 Å². The fraction of sp³-hybridized carbons (Fsp3) is 0.467. The number of hydrogen-bond donors (Lipinski definition) is 2. The van der Waals surface area contributed by atoms with Crippen LogP contribution in [-0.2, 0) is 14.7 Å². The quantitative estimate of drug-likeness (QED) is 0.499. The third kappa shape index (κ3) is 6.89. The molecule has 7 nitrogen and oxygen atoms in total. The summed E-state index contributed by atoms with van der Waals surface area (Å²) in [5, 5.41) is 4.08. The van der Waals surface area contributed by atoms with Gasteiger partial charge in [0.05, 0.1) is 17.9 Å². The van der Waals surface area contributed by atoms with Gasteiger partial charge in [-0.3, -0.25) is 4.84 Å². The molecule has 0 saturated heterocycles. The lowest BCUT2D eigenvalue weighted by Gasteiger charge is -2.07. The molecule has 0 saturated carbocycles. The molecule has 2 N–H and O–H groups in total. The van der Waals surface area contributed by atoms with Gasteiger partial charge in [-0.25, -0.2) is 23.9 Å². The van der Waals surface area contributed by atoms with E-state index < -0.39 is 9.84 Å². The highest BCUT2D eigenvalue weighted by Gasteiger charge is 2.01. The summed E-state index contributed by atoms with van der Waals surface area (Å²) < 4.78 is 21.9. The van der Waals surface area contributed by atoms with E-state index in [2.05, 4.69) is 20.8 Å². The highest BCUT2D eigenvalue weighted by atomic mass is 32.2. The molecule has 0 unspecified atom stereocenters. The maximum absolute atomic E-state index is 10.9. The molecule has 0 spiro atoms. The summed E-state index contributed by atoms with van der Waals surface area (Å²) in [5.41, 5.74) is 3.60. The van der Waals surface area contributed by atoms with E-state index >= 15 is 0 Å². The van der Waals surface area contributed by atoms with E-state index in [9.17, 15) is 8.42 Å². The fourth-order valence-electron chi connectivity index (χ4n) is 1.94. The monoisotopic (exact) mass is 338 g/mol. The zero-order valence-corrected chi connectivity index (χ0v) is 14.0. The smallest absolute Gasteiger partial charge is 0.247 e. The minimum absolute atomic E-state index is 0.171. The summed E-state index contributed by atoms with van der Waals surface area (Å²) in [6, 6.07) is 7.75. The minimum atomic E-state index is -2.88. The minimum Gasteiger partial charge on any atom is -0.316 e. The van der Waals surface area contributed by atoms with Crippen LogP contribution in [0.1, 0.15) is 12.8 Å². The molecule has 1 aromatic carbocycles. The van der Waals surface area contributed by atoms with Crippen LogP contribution in [0.25, 0.3) is 10.9 Å². The van der Waals surface area contributed by atoms with Gasteiger partial charge >= 0.3 is 0 Å². The molecular formula is C15H22N4O3S. The van der Waals surface area contributed by atoms with Gasteiger partial charge in [-0.2, -0.15) is 0 Å². The van der Waals surface area contributed by atoms with Crippen LogP contribution in [0.4, 0.5) is 5.95 Å². The van der Waals surface area contributed by atoms with E-state index in [1.165, 1.54) is 6.26 Å². The van der Waals surface area contributed by atoms with E-state index in [0.29, 0.717) is 19.1 Å². The summed E-state index contributed by atoms with van der Waals surface area (Å²) >= 11 is 0. The van der Waals surface area contributed by atoms with Crippen molar-refractivity contribution in [2.24, 2.45) is 0 Å². The molecule has 126 valence electrons. The van der Waals surface area contributed by atoms with Crippen LogP contribution in [0.5, 0.6) is 0 Å². The maximum Gasteiger partial charge on any atom is 0.247 e. The Labute approximate surface area is 136 Å². The normalized spacial score (nSPS) is 11.7. The third-order valence-corrected chi connectivity index (χ3v) is 4.10. The molecule has 1 aromatic heterocycles. The molecule has 0 aliphatic heterocycles. The molecule has 0 radical (unpaired) electrons. The average molecular weight is 338 g/mol. The highest BCUT2D eigenvalue weighted by Crippen LogP contribution is 2.11. The number of unbranched alkanes of at least 4 members (excludes halogenated alkanes) is 1. The summed E-state index contributed by atoms with van der Waals surface area (Å²) in [6.07, 6.45) is 4.75. The summed E-state index contributed by atoms with van der Waals surface area (Å²) in [5.74, 6) is 0.611. The molecule has 1 heterocycles. The van der Waals surface area contributed by atoms with Crippen LogP contribution in [0.2, 0.25) is 0 Å². The Balaban J connectivity index is 1.56. The average Bonchev–Trinajstić information content (AvgIpc) is 2.52. The molecule has 0 bridgehead atoms. The summed E-state index contributed by atoms with van der Waals surface area (Å²) in [6.45, 7) is 1.79. The Morgan fingerprint density at radius 1 is 1.17 bits per heavy atom. The highest BCUT2D eigenvalue weighted by molar-refractivity contribution is 7.90. The van der Waals surface area contributed by atoms with Gasteiger partial charge in [0, 0.05) is 24.4 Å². The second kappa shape index (κ2) is 8.76. The van der Waals surface area contributed by atoms with Gasteiger partial charge in [-0.05, 0) is 25.5 Å². The number of benzene rings is 1. The Morgan fingerprint density at radius 2 is 2.00 bits per heavy atom. The lowest BCUT2D eigenvalue weighted by Crippen LogP contribution is -2.23. The number of nitrogens with one attached hydrogen (secondary N) is 2. The number of sulfone groups is 1. The Bertz CT molecular complexity index is 721. The van der Waals surface area contributed by atoms with Crippen molar-refractivity contribution in [3.05, 3.63) is 30.5 Å². The molecule has 0 aliphatic carbocycles. The second-order valence-electron chi connectivity index (χ2n) is 5.29. The number of hydrogen-bond acceptors (Lipinski definition) is 7. The van der Waals surface area contributed by atoms with Crippen molar-refractivity contribution in [3.8, 4) is 0 Å². The predicted molar refractivity (Wildman–Crippen MR) is 90.9 cm³/mol. The first-order valence-electron chi connectivity index (χ1n) is 7.53. The molecule has 0 fully saturated rings. The predicted octanol–water partition coefficient (Wildman–Crippen LogP) is 1.39. The van der Waals surface area contributed by atoms with E-state index in [1.54, 1.807) is 6.20 Å². The van der Waals surface area contributed by atoms with Crippen molar-refractivity contribution >= 4 is 26.7 Å². The zero-order valence-electron chi connectivity index (χ0n) is 13.2. The number of nitrogens with zero attached hydrogens (tertiary/aromatic N) is 2. The van der Waals surface area contributed by atoms with Crippen molar-refractivity contribution in [1.82, 2.24) is 15.3 Å². The molecule has 2 aromatic rings. The van der Waals surface area contributed by atoms with Crippen LogP contribution in [0.15, 0.2) is 30.5 Å². The van der Waals surface area contributed by atoms with Crippen LogP contribution in [0.3, 0.4) is 0 Å². The maximum atomic E-state index is 10.9. The zero-order chi connectivity index (χ0) is 16.5. The van der Waals surface area contributed by atoms with Crippen LogP contribution < -0.4 is 10.8 Å². The van der Waals surface area contributed by atoms with E-state index in [0.717, 1.165) is 30.3 Å². The van der Waals surface area contributed by atoms with Crippen molar-refractivity contribution in [3.63, 3.8) is 0 Å². The van der Waals surface area contributed by atoms with Crippen molar-refractivity contribution in [1.29, 1.82) is 0 Å². The second-order valence-corrected chi connectivity index (χ2v) is 7.55. The number of aromatic nitrogens is 2. The van der Waals surface area contributed by atoms with Crippen LogP contribution in [0, 0.1) is 0 Å². The first-order chi connectivity index (χ1) is 11.0. The molecule has 8 heteroatoms. The number of para-hydroxylation sites is 1. The van der Waals surface area contributed by atoms with Crippen molar-refractivity contribution in [2.45, 2.75) is 12.8 Å². The topological polar surface area (TPSA) is 93.2 Å². The number of anilines is 1. The first-order valence-corrected chi connectivity index (χ1v) is 9.59. The summed E-state index contributed by atoms with van der Waals surface area (Å²) in [4.78, 5) is 13.8. The largest absolute Gasteiger partial charge is 0.316 e.